The van der Waals surface area contributed by atoms with Crippen LogP contribution in [0.2, 0.25) is 0 Å². The van der Waals surface area contributed by atoms with Gasteiger partial charge in [-0.05, 0) is 126 Å². The highest BCUT2D eigenvalue weighted by atomic mass is 16.5. The van der Waals surface area contributed by atoms with E-state index in [1.165, 1.54) is 54.9 Å². The number of hydrogen-bond donors (Lipinski definition) is 4. The van der Waals surface area contributed by atoms with E-state index in [0.717, 1.165) is 71.6 Å². The van der Waals surface area contributed by atoms with Crippen LogP contribution in [0.5, 0.6) is 0 Å². The summed E-state index contributed by atoms with van der Waals surface area (Å²) in [4.78, 5) is 72.7. The first-order valence-corrected chi connectivity index (χ1v) is 23.1. The lowest BCUT2D eigenvalue weighted by atomic mass is 9.73. The third kappa shape index (κ3) is 7.28. The molecule has 2 saturated heterocycles. The molecule has 4 heterocycles. The van der Waals surface area contributed by atoms with Gasteiger partial charge >= 0.3 is 12.2 Å². The van der Waals surface area contributed by atoms with Crippen molar-refractivity contribution < 1.29 is 28.7 Å². The van der Waals surface area contributed by atoms with Crippen molar-refractivity contribution in [2.24, 2.45) is 23.7 Å². The van der Waals surface area contributed by atoms with E-state index < -0.39 is 24.3 Å². The number of nitrogens with zero attached hydrogens (tertiary/aromatic N) is 4. The van der Waals surface area contributed by atoms with E-state index in [1.54, 1.807) is 0 Å². The highest BCUT2D eigenvalue weighted by molar-refractivity contribution is 5.89. The Hall–Kier alpha value is -6.18. The molecule has 64 heavy (non-hydrogen) atoms. The summed E-state index contributed by atoms with van der Waals surface area (Å²) in [5, 5.41) is 5.50. The summed E-state index contributed by atoms with van der Waals surface area (Å²) in [5.41, 5.74) is 11.5. The molecule has 2 saturated carbocycles. The zero-order valence-corrected chi connectivity index (χ0v) is 37.4. The van der Waals surface area contributed by atoms with E-state index in [-0.39, 0.29) is 41.8 Å². The van der Waals surface area contributed by atoms with Crippen LogP contribution in [-0.4, -0.2) is 92.6 Å². The van der Waals surface area contributed by atoms with E-state index in [9.17, 15) is 19.2 Å². The Balaban J connectivity index is 0.887. The zero-order chi connectivity index (χ0) is 44.6. The van der Waals surface area contributed by atoms with Crippen molar-refractivity contribution in [3.05, 3.63) is 83.6 Å². The number of aromatic amines is 2. The number of fused-ring (bicyclic) bond motifs is 5. The molecule has 4 amide bonds. The highest BCUT2D eigenvalue weighted by Gasteiger charge is 2.56. The number of aromatic nitrogens is 4. The molecule has 5 aliphatic rings. The average Bonchev–Trinajstić information content (AvgIpc) is 3.87. The number of piperidine rings is 1. The number of rotatable bonds is 11. The number of carbonyl (C=O) groups excluding carboxylic acids is 4. The van der Waals surface area contributed by atoms with E-state index >= 15 is 0 Å². The van der Waals surface area contributed by atoms with Crippen LogP contribution in [0.4, 0.5) is 9.59 Å². The minimum Gasteiger partial charge on any atom is -0.453 e. The fourth-order valence-electron chi connectivity index (χ4n) is 11.2. The van der Waals surface area contributed by atoms with E-state index in [1.807, 2.05) is 43.7 Å². The van der Waals surface area contributed by atoms with Gasteiger partial charge in [-0.25, -0.2) is 19.6 Å². The molecule has 0 spiro atoms. The highest BCUT2D eigenvalue weighted by Crippen LogP contribution is 2.56. The van der Waals surface area contributed by atoms with Crippen LogP contribution in [0.15, 0.2) is 60.8 Å². The van der Waals surface area contributed by atoms with E-state index in [0.29, 0.717) is 24.3 Å². The number of carbonyl (C=O) groups is 4. The van der Waals surface area contributed by atoms with E-state index in [4.69, 9.17) is 19.4 Å². The Morgan fingerprint density at radius 1 is 0.734 bits per heavy atom. The van der Waals surface area contributed by atoms with Crippen LogP contribution in [0.3, 0.4) is 0 Å². The lowest BCUT2D eigenvalue weighted by molar-refractivity contribution is -0.137. The smallest absolute Gasteiger partial charge is 0.407 e. The number of hydrogen-bond acceptors (Lipinski definition) is 8. The molecule has 5 aromatic rings. The summed E-state index contributed by atoms with van der Waals surface area (Å²) < 4.78 is 9.65. The van der Waals surface area contributed by atoms with Gasteiger partial charge in [-0.15, -0.1) is 0 Å². The van der Waals surface area contributed by atoms with Crippen LogP contribution >= 0.6 is 0 Å². The molecule has 0 radical (unpaired) electrons. The Bertz CT molecular complexity index is 2630. The normalized spacial score (nSPS) is 23.9. The molecular formula is C50H58N8O6. The minimum absolute atomic E-state index is 0.0881. The van der Waals surface area contributed by atoms with Gasteiger partial charge in [0.2, 0.25) is 11.8 Å². The maximum absolute atomic E-state index is 13.9. The Kier molecular flexibility index (Phi) is 10.7. The first-order chi connectivity index (χ1) is 30.9. The standard InChI is InChI=1S/C50H58N8O6/c1-25(2)43(55-49(61)63-5)47(59)57-19-7-8-39(57)46-52-36-18-14-30(21-37(36)53-46)32-16-17-33(42-34-15-13-29(34)20-35(32)42)27-9-11-28(12-10-27)38-24-51-45(54-38)41-23-31-22-40(31)58(41)48(60)44(26(3)4)56-50(62)64-6/h9-12,14,16-18,21,24-26,29,31,34,39-41,43-44H,7-8,13,15,19-20,22-23H2,1-6H3,(H,51,54)(H,52,53)(H,55,61)(H,56,62). The van der Waals surface area contributed by atoms with Crippen molar-refractivity contribution in [2.45, 2.75) is 109 Å². The third-order valence-corrected chi connectivity index (χ3v) is 14.8. The number of methoxy groups -OCH3 is 2. The number of amides is 4. The SMILES string of the molecule is COC(=O)NC(C(=O)N1CCCC1c1nc2ccc(-c3ccc(-c4ccc(-c5cnc(C6CC7CC7N6C(=O)C(NC(=O)OC)C(C)C)[nH]5)cc4)c4c3CC3CCC43)cc2[nH]1)C(C)C. The first-order valence-electron chi connectivity index (χ1n) is 23.1. The van der Waals surface area contributed by atoms with Gasteiger partial charge in [0.05, 0.1) is 49.2 Å². The molecule has 3 aromatic carbocycles. The lowest BCUT2D eigenvalue weighted by Gasteiger charge is -2.32. The number of H-pyrrole nitrogens is 2. The molecule has 0 bridgehead atoms. The monoisotopic (exact) mass is 866 g/mol. The molecular weight excluding hydrogens is 809 g/mol. The number of imidazole rings is 2. The summed E-state index contributed by atoms with van der Waals surface area (Å²) in [6.07, 6.45) is 7.66. The van der Waals surface area contributed by atoms with Gasteiger partial charge in [0.1, 0.15) is 23.7 Å². The predicted octanol–water partition coefficient (Wildman–Crippen LogP) is 8.42. The van der Waals surface area contributed by atoms with Crippen molar-refractivity contribution in [2.75, 3.05) is 20.8 Å². The number of nitrogens with one attached hydrogen (secondary N) is 4. The van der Waals surface area contributed by atoms with Crippen molar-refractivity contribution in [1.82, 2.24) is 40.4 Å². The van der Waals surface area contributed by atoms with Gasteiger partial charge < -0.3 is 39.9 Å². The van der Waals surface area contributed by atoms with Gasteiger partial charge in [0.15, 0.2) is 0 Å². The van der Waals surface area contributed by atoms with Crippen LogP contribution in [0, 0.1) is 23.7 Å². The molecule has 14 nitrogen and oxygen atoms in total. The summed E-state index contributed by atoms with van der Waals surface area (Å²) >= 11 is 0. The second-order valence-corrected chi connectivity index (χ2v) is 19.3. The molecule has 14 heteroatoms. The lowest BCUT2D eigenvalue weighted by Crippen LogP contribution is -2.52. The number of ether oxygens (including phenoxy) is 2. The summed E-state index contributed by atoms with van der Waals surface area (Å²) in [7, 11) is 2.62. The summed E-state index contributed by atoms with van der Waals surface area (Å²) in [5.74, 6) is 2.80. The van der Waals surface area contributed by atoms with Gasteiger partial charge in [-0.2, -0.15) is 0 Å². The van der Waals surface area contributed by atoms with Gasteiger partial charge in [0.25, 0.3) is 0 Å². The number of alkyl carbamates (subject to hydrolysis) is 2. The molecule has 4 N–H and O–H groups in total. The van der Waals surface area contributed by atoms with Crippen molar-refractivity contribution in [3.8, 4) is 33.5 Å². The molecule has 334 valence electrons. The van der Waals surface area contributed by atoms with Crippen LogP contribution in [0.25, 0.3) is 44.5 Å². The van der Waals surface area contributed by atoms with Crippen molar-refractivity contribution in [3.63, 3.8) is 0 Å². The zero-order valence-electron chi connectivity index (χ0n) is 37.4. The number of likely N-dealkylation sites (tertiary alicyclic amines) is 2. The number of benzene rings is 3. The minimum atomic E-state index is -0.686. The maximum Gasteiger partial charge on any atom is 0.407 e. The fraction of sp³-hybridized carbons (Fsp3) is 0.480. The molecule has 10 rings (SSSR count). The predicted molar refractivity (Wildman–Crippen MR) is 242 cm³/mol. The average molecular weight is 867 g/mol. The van der Waals surface area contributed by atoms with Crippen molar-refractivity contribution in [1.29, 1.82) is 0 Å². The fourth-order valence-corrected chi connectivity index (χ4v) is 11.2. The van der Waals surface area contributed by atoms with Crippen molar-refractivity contribution >= 4 is 35.0 Å². The Morgan fingerprint density at radius 2 is 1.42 bits per heavy atom. The largest absolute Gasteiger partial charge is 0.453 e. The maximum atomic E-state index is 13.9. The van der Waals surface area contributed by atoms with Crippen LogP contribution in [0.1, 0.15) is 107 Å². The molecule has 3 aliphatic carbocycles. The second-order valence-electron chi connectivity index (χ2n) is 19.3. The molecule has 4 fully saturated rings. The molecule has 8 atom stereocenters. The van der Waals surface area contributed by atoms with E-state index in [2.05, 4.69) is 75.2 Å². The topological polar surface area (TPSA) is 175 Å². The second kappa shape index (κ2) is 16.4. The first kappa shape index (κ1) is 41.8. The molecule has 2 aromatic heterocycles. The van der Waals surface area contributed by atoms with Crippen LogP contribution in [-0.2, 0) is 25.5 Å². The third-order valence-electron chi connectivity index (χ3n) is 14.8. The molecule has 2 aliphatic heterocycles. The van der Waals surface area contributed by atoms with Gasteiger partial charge in [-0.1, -0.05) is 70.2 Å². The summed E-state index contributed by atoms with van der Waals surface area (Å²) in [6.45, 7) is 8.32. The Labute approximate surface area is 373 Å². The molecule has 8 unspecified atom stereocenters. The van der Waals surface area contributed by atoms with Gasteiger partial charge in [-0.3, -0.25) is 9.59 Å². The van der Waals surface area contributed by atoms with Gasteiger partial charge in [0, 0.05) is 12.6 Å². The quantitative estimate of drug-likeness (QED) is 0.102. The summed E-state index contributed by atoms with van der Waals surface area (Å²) in [6, 6.07) is 18.2. The Morgan fingerprint density at radius 3 is 2.11 bits per heavy atom. The van der Waals surface area contributed by atoms with Crippen LogP contribution < -0.4 is 10.6 Å².